The minimum absolute atomic E-state index is 0.0944. The van der Waals surface area contributed by atoms with E-state index < -0.39 is 21.6 Å². The van der Waals surface area contributed by atoms with Gasteiger partial charge in [0.1, 0.15) is 15.4 Å². The van der Waals surface area contributed by atoms with Gasteiger partial charge < -0.3 is 4.57 Å². The van der Waals surface area contributed by atoms with Gasteiger partial charge in [-0.1, -0.05) is 0 Å². The van der Waals surface area contributed by atoms with Crippen LogP contribution in [-0.4, -0.2) is 42.5 Å². The molecule has 0 spiro atoms. The molecule has 1 aromatic carbocycles. The van der Waals surface area contributed by atoms with Crippen LogP contribution in [0.25, 0.3) is 11.0 Å². The van der Waals surface area contributed by atoms with Gasteiger partial charge in [-0.2, -0.15) is 0 Å². The van der Waals surface area contributed by atoms with Crippen molar-refractivity contribution in [3.8, 4) is 0 Å². The number of benzene rings is 1. The molecule has 1 aliphatic rings. The molecule has 1 heterocycles. The summed E-state index contributed by atoms with van der Waals surface area (Å²) < 4.78 is 38.2. The number of fused-ring (bicyclic) bond motifs is 1. The monoisotopic (exact) mass is 355 g/mol. The molecule has 0 atom stereocenters. The summed E-state index contributed by atoms with van der Waals surface area (Å²) in [7, 11) is -3.16. The van der Waals surface area contributed by atoms with Gasteiger partial charge in [-0.3, -0.25) is 9.63 Å². The minimum Gasteiger partial charge on any atom is -0.329 e. The lowest BCUT2D eigenvalue weighted by atomic mass is 10.2. The fourth-order valence-corrected chi connectivity index (χ4v) is 2.79. The number of aryl methyl sites for hydroxylation is 1. The molecule has 0 bridgehead atoms. The smallest absolute Gasteiger partial charge is 0.275 e. The molecule has 1 fully saturated rings. The summed E-state index contributed by atoms with van der Waals surface area (Å²) in [6.07, 6.45) is 4.68. The lowest BCUT2D eigenvalue weighted by Gasteiger charge is -2.07. The molecule has 0 saturated heterocycles. The van der Waals surface area contributed by atoms with Crippen molar-refractivity contribution in [2.24, 2.45) is 5.92 Å². The second-order valence-corrected chi connectivity index (χ2v) is 8.34. The first-order chi connectivity index (χ1) is 11.3. The van der Waals surface area contributed by atoms with Gasteiger partial charge in [-0.15, -0.1) is 0 Å². The van der Waals surface area contributed by atoms with E-state index in [0.717, 1.165) is 25.2 Å². The second-order valence-electron chi connectivity index (χ2n) is 6.08. The number of halogens is 1. The Morgan fingerprint density at radius 1 is 1.46 bits per heavy atom. The van der Waals surface area contributed by atoms with Crippen LogP contribution in [0.15, 0.2) is 18.5 Å². The van der Waals surface area contributed by atoms with Crippen LogP contribution in [0.2, 0.25) is 0 Å². The van der Waals surface area contributed by atoms with Gasteiger partial charge in [0.05, 0.1) is 24.2 Å². The average Bonchev–Trinajstić information content (AvgIpc) is 3.22. The molecule has 3 rings (SSSR count). The van der Waals surface area contributed by atoms with Crippen LogP contribution in [0.3, 0.4) is 0 Å². The van der Waals surface area contributed by atoms with Crippen molar-refractivity contribution < 1.29 is 22.4 Å². The summed E-state index contributed by atoms with van der Waals surface area (Å²) in [6, 6.07) is 2.57. The van der Waals surface area contributed by atoms with E-state index in [1.165, 1.54) is 17.0 Å². The zero-order valence-corrected chi connectivity index (χ0v) is 14.0. The van der Waals surface area contributed by atoms with E-state index in [9.17, 15) is 17.6 Å². The summed E-state index contributed by atoms with van der Waals surface area (Å²) in [4.78, 5) is 21.1. The molecule has 1 N–H and O–H groups in total. The van der Waals surface area contributed by atoms with Crippen molar-refractivity contribution in [2.45, 2.75) is 19.4 Å². The Labute approximate surface area is 138 Å². The molecule has 7 nitrogen and oxygen atoms in total. The van der Waals surface area contributed by atoms with Gasteiger partial charge in [0, 0.05) is 18.4 Å². The molecule has 0 aliphatic heterocycles. The van der Waals surface area contributed by atoms with Crippen LogP contribution < -0.4 is 5.48 Å². The molecule has 1 amide bonds. The lowest BCUT2D eigenvalue weighted by molar-refractivity contribution is 0.0270. The average molecular weight is 355 g/mol. The number of carbonyl (C=O) groups excluding carboxylic acids is 1. The molecular formula is C15H18FN3O4S. The highest BCUT2D eigenvalue weighted by atomic mass is 32.2. The molecule has 0 unspecified atom stereocenters. The number of carbonyl (C=O) groups is 1. The SMILES string of the molecule is CS(=O)(=O)CCn1cnc2c(F)cc(C(=O)NOCC3CC3)cc21. The number of sulfone groups is 1. The van der Waals surface area contributed by atoms with Crippen LogP contribution in [0.4, 0.5) is 4.39 Å². The lowest BCUT2D eigenvalue weighted by Crippen LogP contribution is -2.25. The molecule has 130 valence electrons. The van der Waals surface area contributed by atoms with Gasteiger partial charge in [0.15, 0.2) is 5.82 Å². The zero-order valence-electron chi connectivity index (χ0n) is 13.2. The molecule has 1 aliphatic carbocycles. The predicted octanol–water partition coefficient (Wildman–Crippen LogP) is 1.29. The Bertz CT molecular complexity index is 874. The summed E-state index contributed by atoms with van der Waals surface area (Å²) in [5.74, 6) is -0.798. The first-order valence-corrected chi connectivity index (χ1v) is 9.64. The van der Waals surface area contributed by atoms with Crippen molar-refractivity contribution in [1.29, 1.82) is 0 Å². The van der Waals surface area contributed by atoms with Crippen molar-refractivity contribution in [1.82, 2.24) is 15.0 Å². The normalized spacial score (nSPS) is 14.9. The Hall–Kier alpha value is -2.00. The predicted molar refractivity (Wildman–Crippen MR) is 85.5 cm³/mol. The first-order valence-electron chi connectivity index (χ1n) is 7.58. The highest BCUT2D eigenvalue weighted by Gasteiger charge is 2.22. The number of amides is 1. The Morgan fingerprint density at radius 3 is 2.88 bits per heavy atom. The number of nitrogens with one attached hydrogen (secondary N) is 1. The van der Waals surface area contributed by atoms with E-state index in [4.69, 9.17) is 4.84 Å². The van der Waals surface area contributed by atoms with Crippen molar-refractivity contribution in [2.75, 3.05) is 18.6 Å². The number of imidazole rings is 1. The number of hydroxylamine groups is 1. The van der Waals surface area contributed by atoms with Gasteiger partial charge >= 0.3 is 0 Å². The summed E-state index contributed by atoms with van der Waals surface area (Å²) in [5, 5.41) is 0. The van der Waals surface area contributed by atoms with E-state index in [1.54, 1.807) is 0 Å². The van der Waals surface area contributed by atoms with Crippen LogP contribution in [0, 0.1) is 11.7 Å². The van der Waals surface area contributed by atoms with Crippen LogP contribution in [0.1, 0.15) is 23.2 Å². The van der Waals surface area contributed by atoms with E-state index in [-0.39, 0.29) is 23.4 Å². The third-order valence-corrected chi connectivity index (χ3v) is 4.75. The van der Waals surface area contributed by atoms with Gasteiger partial charge in [0.25, 0.3) is 5.91 Å². The summed E-state index contributed by atoms with van der Waals surface area (Å²) in [6.45, 7) is 0.584. The fraction of sp³-hybridized carbons (Fsp3) is 0.467. The largest absolute Gasteiger partial charge is 0.329 e. The van der Waals surface area contributed by atoms with Gasteiger partial charge in [-0.25, -0.2) is 23.3 Å². The number of nitrogens with zero attached hydrogens (tertiary/aromatic N) is 2. The fourth-order valence-electron chi connectivity index (χ4n) is 2.26. The van der Waals surface area contributed by atoms with E-state index in [1.807, 2.05) is 0 Å². The number of rotatable bonds is 7. The third kappa shape index (κ3) is 4.09. The quantitative estimate of drug-likeness (QED) is 0.756. The maximum Gasteiger partial charge on any atom is 0.275 e. The number of hydrogen-bond donors (Lipinski definition) is 1. The standard InChI is InChI=1S/C15H18FN3O4S/c1-24(21,22)5-4-19-9-17-14-12(16)6-11(7-13(14)19)15(20)18-23-8-10-2-3-10/h6-7,9-10H,2-5,8H2,1H3,(H,18,20). The van der Waals surface area contributed by atoms with E-state index >= 15 is 0 Å². The van der Waals surface area contributed by atoms with Gasteiger partial charge in [0.2, 0.25) is 0 Å². The molecule has 9 heteroatoms. The second kappa shape index (κ2) is 6.48. The van der Waals surface area contributed by atoms with E-state index in [0.29, 0.717) is 18.0 Å². The van der Waals surface area contributed by atoms with E-state index in [2.05, 4.69) is 10.5 Å². The van der Waals surface area contributed by atoms with Gasteiger partial charge in [-0.05, 0) is 30.9 Å². The Morgan fingerprint density at radius 2 is 2.21 bits per heavy atom. The third-order valence-electron chi connectivity index (χ3n) is 3.82. The highest BCUT2D eigenvalue weighted by molar-refractivity contribution is 7.90. The van der Waals surface area contributed by atoms with Crippen molar-refractivity contribution in [3.05, 3.63) is 29.8 Å². The maximum absolute atomic E-state index is 14.1. The molecule has 1 aromatic heterocycles. The maximum atomic E-state index is 14.1. The molecule has 2 aromatic rings. The summed E-state index contributed by atoms with van der Waals surface area (Å²) in [5.41, 5.74) is 2.86. The van der Waals surface area contributed by atoms with Crippen molar-refractivity contribution in [3.63, 3.8) is 0 Å². The number of aromatic nitrogens is 2. The minimum atomic E-state index is -3.16. The highest BCUT2D eigenvalue weighted by Crippen LogP contribution is 2.28. The van der Waals surface area contributed by atoms with Crippen LogP contribution >= 0.6 is 0 Å². The molecule has 0 radical (unpaired) electrons. The van der Waals surface area contributed by atoms with Crippen LogP contribution in [0.5, 0.6) is 0 Å². The Balaban J connectivity index is 1.79. The topological polar surface area (TPSA) is 90.3 Å². The zero-order chi connectivity index (χ0) is 17.3. The molecular weight excluding hydrogens is 337 g/mol. The molecule has 1 saturated carbocycles. The Kier molecular flexibility index (Phi) is 4.55. The van der Waals surface area contributed by atoms with Crippen molar-refractivity contribution >= 4 is 26.8 Å². The molecule has 24 heavy (non-hydrogen) atoms. The first kappa shape index (κ1) is 16.8. The summed E-state index contributed by atoms with van der Waals surface area (Å²) >= 11 is 0. The number of hydrogen-bond acceptors (Lipinski definition) is 5. The van der Waals surface area contributed by atoms with Crippen LogP contribution in [-0.2, 0) is 21.2 Å².